The highest BCUT2D eigenvalue weighted by Gasteiger charge is 2.27. The zero-order valence-corrected chi connectivity index (χ0v) is 17.5. The maximum absolute atomic E-state index is 12.9. The van der Waals surface area contributed by atoms with Crippen molar-refractivity contribution in [3.8, 4) is 0 Å². The minimum atomic E-state index is -4.07. The van der Waals surface area contributed by atoms with E-state index < -0.39 is 44.9 Å². The number of rotatable bonds is 7. The minimum Gasteiger partial charge on any atom is -0.365 e. The molecule has 11 heteroatoms. The first-order chi connectivity index (χ1) is 14.1. The standard InChI is InChI=1S/C19H20FN3O5S2/c20-11-5-7-12(8-6-11)22-15(24)9-30(27,28)10-16(25)23-19-17(18(21)26)13-3-1-2-4-14(13)29-19/h5-8H,1-4,9-10H2,(H2,21,26)(H,22,24)(H,23,25). The van der Waals surface area contributed by atoms with Gasteiger partial charge in [-0.25, -0.2) is 12.8 Å². The van der Waals surface area contributed by atoms with Gasteiger partial charge < -0.3 is 16.4 Å². The summed E-state index contributed by atoms with van der Waals surface area (Å²) >= 11 is 1.22. The summed E-state index contributed by atoms with van der Waals surface area (Å²) in [6, 6.07) is 4.82. The fraction of sp³-hybridized carbons (Fsp3) is 0.316. The van der Waals surface area contributed by atoms with Crippen molar-refractivity contribution >= 4 is 49.6 Å². The predicted octanol–water partition coefficient (Wildman–Crippen LogP) is 1.86. The normalized spacial score (nSPS) is 13.4. The highest BCUT2D eigenvalue weighted by Crippen LogP contribution is 2.37. The Labute approximate surface area is 176 Å². The first kappa shape index (κ1) is 21.9. The van der Waals surface area contributed by atoms with Gasteiger partial charge in [0.05, 0.1) is 5.56 Å². The van der Waals surface area contributed by atoms with Gasteiger partial charge in [-0.1, -0.05) is 0 Å². The number of nitrogens with two attached hydrogens (primary N) is 1. The summed E-state index contributed by atoms with van der Waals surface area (Å²) in [5.74, 6) is -4.72. The summed E-state index contributed by atoms with van der Waals surface area (Å²) in [5, 5.41) is 5.03. The number of carbonyl (C=O) groups excluding carboxylic acids is 3. The van der Waals surface area contributed by atoms with Crippen LogP contribution in [0.3, 0.4) is 0 Å². The largest absolute Gasteiger partial charge is 0.365 e. The van der Waals surface area contributed by atoms with Crippen molar-refractivity contribution in [3.63, 3.8) is 0 Å². The van der Waals surface area contributed by atoms with E-state index in [4.69, 9.17) is 5.73 Å². The second kappa shape index (κ2) is 8.92. The van der Waals surface area contributed by atoms with Crippen LogP contribution in [0.15, 0.2) is 24.3 Å². The topological polar surface area (TPSA) is 135 Å². The van der Waals surface area contributed by atoms with Crippen LogP contribution >= 0.6 is 11.3 Å². The lowest BCUT2D eigenvalue weighted by atomic mass is 9.95. The number of halogens is 1. The fourth-order valence-corrected chi connectivity index (χ4v) is 5.61. The smallest absolute Gasteiger partial charge is 0.251 e. The molecule has 0 spiro atoms. The molecule has 160 valence electrons. The Hall–Kier alpha value is -2.79. The van der Waals surface area contributed by atoms with Crippen LogP contribution in [0.2, 0.25) is 0 Å². The van der Waals surface area contributed by atoms with E-state index in [0.29, 0.717) is 6.42 Å². The van der Waals surface area contributed by atoms with Crippen molar-refractivity contribution in [2.45, 2.75) is 25.7 Å². The molecule has 1 aromatic heterocycles. The van der Waals surface area contributed by atoms with Crippen LogP contribution in [0, 0.1) is 5.82 Å². The molecular formula is C19H20FN3O5S2. The average molecular weight is 454 g/mol. The maximum atomic E-state index is 12.9. The van der Waals surface area contributed by atoms with Gasteiger partial charge in [0.1, 0.15) is 22.3 Å². The van der Waals surface area contributed by atoms with Crippen LogP contribution in [-0.4, -0.2) is 37.6 Å². The zero-order chi connectivity index (χ0) is 21.9. The zero-order valence-electron chi connectivity index (χ0n) is 15.9. The Balaban J connectivity index is 1.64. The van der Waals surface area contributed by atoms with Crippen molar-refractivity contribution in [2.75, 3.05) is 22.1 Å². The van der Waals surface area contributed by atoms with Crippen LogP contribution in [0.5, 0.6) is 0 Å². The van der Waals surface area contributed by atoms with E-state index in [-0.39, 0.29) is 16.3 Å². The third-order valence-corrected chi connectivity index (χ3v) is 7.11. The Kier molecular flexibility index (Phi) is 6.52. The SMILES string of the molecule is NC(=O)c1c(NC(=O)CS(=O)(=O)CC(=O)Nc2ccc(F)cc2)sc2c1CCCC2. The molecule has 0 radical (unpaired) electrons. The lowest BCUT2D eigenvalue weighted by molar-refractivity contribution is -0.114. The molecule has 8 nitrogen and oxygen atoms in total. The summed E-state index contributed by atoms with van der Waals surface area (Å²) < 4.78 is 37.3. The number of hydrogen-bond acceptors (Lipinski definition) is 6. The number of sulfone groups is 1. The van der Waals surface area contributed by atoms with Gasteiger partial charge in [-0.05, 0) is 55.5 Å². The van der Waals surface area contributed by atoms with Gasteiger partial charge in [0.15, 0.2) is 9.84 Å². The summed E-state index contributed by atoms with van der Waals surface area (Å²) in [6.45, 7) is 0. The first-order valence-electron chi connectivity index (χ1n) is 9.14. The minimum absolute atomic E-state index is 0.231. The average Bonchev–Trinajstić information content (AvgIpc) is 3.00. The number of thiophene rings is 1. The van der Waals surface area contributed by atoms with Gasteiger partial charge in [-0.15, -0.1) is 11.3 Å². The number of anilines is 2. The Morgan fingerprint density at radius 1 is 1.00 bits per heavy atom. The number of carbonyl (C=O) groups is 3. The second-order valence-electron chi connectivity index (χ2n) is 6.91. The van der Waals surface area contributed by atoms with Gasteiger partial charge in [-0.2, -0.15) is 0 Å². The van der Waals surface area contributed by atoms with Crippen LogP contribution in [0.1, 0.15) is 33.6 Å². The number of aryl methyl sites for hydroxylation is 1. The van der Waals surface area contributed by atoms with Crippen molar-refractivity contribution < 1.29 is 27.2 Å². The molecule has 3 amide bonds. The van der Waals surface area contributed by atoms with E-state index in [1.807, 2.05) is 0 Å². The molecule has 30 heavy (non-hydrogen) atoms. The molecule has 0 saturated heterocycles. The number of primary amides is 1. The van der Waals surface area contributed by atoms with Gasteiger partial charge in [0, 0.05) is 10.6 Å². The molecule has 0 aliphatic heterocycles. The number of hydrogen-bond donors (Lipinski definition) is 3. The summed E-state index contributed by atoms with van der Waals surface area (Å²) in [7, 11) is -4.07. The molecule has 0 atom stereocenters. The Morgan fingerprint density at radius 2 is 1.60 bits per heavy atom. The van der Waals surface area contributed by atoms with Crippen molar-refractivity contribution in [2.24, 2.45) is 5.73 Å². The van der Waals surface area contributed by atoms with Gasteiger partial charge in [0.25, 0.3) is 5.91 Å². The van der Waals surface area contributed by atoms with Crippen LogP contribution in [0.4, 0.5) is 15.1 Å². The lowest BCUT2D eigenvalue weighted by Crippen LogP contribution is -2.30. The first-order valence-corrected chi connectivity index (χ1v) is 11.8. The molecule has 3 rings (SSSR count). The summed E-state index contributed by atoms with van der Waals surface area (Å²) in [6.07, 6.45) is 3.34. The third kappa shape index (κ3) is 5.42. The van der Waals surface area contributed by atoms with E-state index in [2.05, 4.69) is 10.6 Å². The molecule has 1 heterocycles. The maximum Gasteiger partial charge on any atom is 0.251 e. The Bertz CT molecular complexity index is 1090. The van der Waals surface area contributed by atoms with Gasteiger partial charge in [0.2, 0.25) is 11.8 Å². The molecule has 0 saturated carbocycles. The number of amides is 3. The molecule has 0 bridgehead atoms. The fourth-order valence-electron chi connectivity index (χ4n) is 3.26. The molecule has 0 unspecified atom stereocenters. The van der Waals surface area contributed by atoms with Crippen LogP contribution in [-0.2, 0) is 32.3 Å². The van der Waals surface area contributed by atoms with Gasteiger partial charge >= 0.3 is 0 Å². The highest BCUT2D eigenvalue weighted by molar-refractivity contribution is 7.92. The number of fused-ring (bicyclic) bond motifs is 1. The molecule has 2 aromatic rings. The van der Waals surface area contributed by atoms with Crippen molar-refractivity contribution in [1.82, 2.24) is 0 Å². The molecule has 1 aliphatic carbocycles. The van der Waals surface area contributed by atoms with E-state index in [0.717, 1.165) is 41.8 Å². The Morgan fingerprint density at radius 3 is 2.23 bits per heavy atom. The summed E-state index contributed by atoms with van der Waals surface area (Å²) in [5.41, 5.74) is 6.74. The molecule has 4 N–H and O–H groups in total. The lowest BCUT2D eigenvalue weighted by Gasteiger charge is -2.11. The van der Waals surface area contributed by atoms with E-state index in [1.54, 1.807) is 0 Å². The molecular weight excluding hydrogens is 433 g/mol. The quantitative estimate of drug-likeness (QED) is 0.588. The molecule has 1 aromatic carbocycles. The summed E-state index contributed by atoms with van der Waals surface area (Å²) in [4.78, 5) is 37.0. The van der Waals surface area contributed by atoms with E-state index in [1.165, 1.54) is 23.5 Å². The van der Waals surface area contributed by atoms with E-state index in [9.17, 15) is 27.2 Å². The molecule has 1 aliphatic rings. The molecule has 0 fully saturated rings. The number of nitrogens with one attached hydrogen (secondary N) is 2. The monoisotopic (exact) mass is 453 g/mol. The van der Waals surface area contributed by atoms with Crippen molar-refractivity contribution in [3.05, 3.63) is 46.1 Å². The second-order valence-corrected chi connectivity index (χ2v) is 10.1. The highest BCUT2D eigenvalue weighted by atomic mass is 32.2. The predicted molar refractivity (Wildman–Crippen MR) is 112 cm³/mol. The van der Waals surface area contributed by atoms with Crippen molar-refractivity contribution in [1.29, 1.82) is 0 Å². The van der Waals surface area contributed by atoms with E-state index >= 15 is 0 Å². The third-order valence-electron chi connectivity index (χ3n) is 4.50. The van der Waals surface area contributed by atoms with Crippen LogP contribution in [0.25, 0.3) is 0 Å². The van der Waals surface area contributed by atoms with Crippen LogP contribution < -0.4 is 16.4 Å². The van der Waals surface area contributed by atoms with Gasteiger partial charge in [-0.3, -0.25) is 14.4 Å². The number of benzene rings is 1.